The molecule has 31 heavy (non-hydrogen) atoms. The molecule has 1 fully saturated rings. The van der Waals surface area contributed by atoms with Gasteiger partial charge in [0.1, 0.15) is 0 Å². The first kappa shape index (κ1) is 22.7. The Morgan fingerprint density at radius 3 is 2.71 bits per heavy atom. The van der Waals surface area contributed by atoms with Crippen LogP contribution in [0.2, 0.25) is 5.02 Å². The molecule has 1 heterocycles. The number of aliphatic carboxylic acids is 1. The van der Waals surface area contributed by atoms with Crippen LogP contribution in [0.25, 0.3) is 6.08 Å². The Bertz CT molecular complexity index is 1050. The summed E-state index contributed by atoms with van der Waals surface area (Å²) < 4.78 is 11.2. The largest absolute Gasteiger partial charge is 0.490 e. The van der Waals surface area contributed by atoms with Gasteiger partial charge in [-0.15, -0.1) is 0 Å². The first-order chi connectivity index (χ1) is 14.9. The van der Waals surface area contributed by atoms with Crippen molar-refractivity contribution in [3.63, 3.8) is 0 Å². The van der Waals surface area contributed by atoms with Crippen molar-refractivity contribution >= 4 is 52.2 Å². The fourth-order valence-corrected chi connectivity index (χ4v) is 3.74. The smallest absolute Gasteiger partial charge is 0.344 e. The fraction of sp³-hybridized carbons (Fsp3) is 0.227. The highest BCUT2D eigenvalue weighted by molar-refractivity contribution is 8.18. The monoisotopic (exact) mass is 460 g/mol. The molecule has 7 nitrogen and oxygen atoms in total. The Morgan fingerprint density at radius 2 is 2.03 bits per heavy atom. The Labute approximate surface area is 189 Å². The van der Waals surface area contributed by atoms with E-state index in [-0.39, 0.29) is 5.91 Å². The Morgan fingerprint density at radius 1 is 1.26 bits per heavy atom. The predicted octanol–water partition coefficient (Wildman–Crippen LogP) is 4.87. The van der Waals surface area contributed by atoms with Gasteiger partial charge < -0.3 is 19.9 Å². The van der Waals surface area contributed by atoms with Gasteiger partial charge in [0.05, 0.1) is 22.2 Å². The van der Waals surface area contributed by atoms with Crippen molar-refractivity contribution in [2.75, 3.05) is 6.61 Å². The van der Waals surface area contributed by atoms with Crippen LogP contribution in [-0.2, 0) is 9.59 Å². The zero-order chi connectivity index (χ0) is 22.4. The molecule has 9 heteroatoms. The van der Waals surface area contributed by atoms with Crippen molar-refractivity contribution in [3.8, 4) is 11.5 Å². The van der Waals surface area contributed by atoms with E-state index in [9.17, 15) is 14.7 Å². The molecule has 2 aromatic rings. The third-order valence-corrected chi connectivity index (χ3v) is 5.44. The van der Waals surface area contributed by atoms with Gasteiger partial charge in [-0.05, 0) is 61.0 Å². The van der Waals surface area contributed by atoms with Crippen molar-refractivity contribution in [1.82, 2.24) is 5.32 Å². The van der Waals surface area contributed by atoms with E-state index in [4.69, 9.17) is 21.1 Å². The Hall–Kier alpha value is -2.97. The quantitative estimate of drug-likeness (QED) is 0.545. The number of rotatable bonds is 8. The van der Waals surface area contributed by atoms with E-state index in [1.165, 1.54) is 11.8 Å². The number of para-hydroxylation sites is 1. The predicted molar refractivity (Wildman–Crippen MR) is 122 cm³/mol. The molecule has 1 unspecified atom stereocenters. The van der Waals surface area contributed by atoms with Gasteiger partial charge in [0.15, 0.2) is 22.8 Å². The second-order valence-corrected chi connectivity index (χ2v) is 7.86. The minimum Gasteiger partial charge on any atom is -0.490 e. The molecule has 0 saturated carbocycles. The van der Waals surface area contributed by atoms with Gasteiger partial charge in [-0.2, -0.15) is 0 Å². The maximum absolute atomic E-state index is 12.4. The number of carboxylic acids is 1. The number of aliphatic imine (C=N–C) groups is 1. The Kier molecular flexibility index (Phi) is 7.59. The lowest BCUT2D eigenvalue weighted by atomic mass is 10.1. The van der Waals surface area contributed by atoms with Crippen LogP contribution in [0.5, 0.6) is 11.5 Å². The van der Waals surface area contributed by atoms with Crippen molar-refractivity contribution in [2.24, 2.45) is 4.99 Å². The van der Waals surface area contributed by atoms with Crippen LogP contribution in [-0.4, -0.2) is 34.9 Å². The van der Waals surface area contributed by atoms with Gasteiger partial charge in [0.2, 0.25) is 0 Å². The fourth-order valence-electron chi connectivity index (χ4n) is 2.73. The first-order valence-electron chi connectivity index (χ1n) is 9.61. The summed E-state index contributed by atoms with van der Waals surface area (Å²) in [7, 11) is 0. The summed E-state index contributed by atoms with van der Waals surface area (Å²) in [5, 5.41) is 12.9. The van der Waals surface area contributed by atoms with Crippen LogP contribution in [0, 0.1) is 0 Å². The molecule has 0 radical (unpaired) electrons. The molecule has 0 aromatic heterocycles. The minimum atomic E-state index is -1.04. The first-order valence-corrected chi connectivity index (χ1v) is 10.8. The molecule has 1 saturated heterocycles. The van der Waals surface area contributed by atoms with E-state index >= 15 is 0 Å². The van der Waals surface area contributed by atoms with Gasteiger partial charge in [-0.1, -0.05) is 36.7 Å². The number of hydrogen-bond acceptors (Lipinski definition) is 6. The molecule has 0 aliphatic carbocycles. The number of ether oxygens (including phenoxy) is 2. The molecule has 1 aliphatic heterocycles. The number of benzene rings is 2. The Balaban J connectivity index is 1.84. The zero-order valence-corrected chi connectivity index (χ0v) is 18.5. The summed E-state index contributed by atoms with van der Waals surface area (Å²) in [6, 6.07) is 12.2. The third-order valence-electron chi connectivity index (χ3n) is 4.21. The van der Waals surface area contributed by atoms with Gasteiger partial charge in [-0.3, -0.25) is 4.79 Å². The summed E-state index contributed by atoms with van der Waals surface area (Å²) in [5.74, 6) is -0.570. The van der Waals surface area contributed by atoms with Crippen molar-refractivity contribution in [2.45, 2.75) is 26.4 Å². The molecule has 0 spiro atoms. The normalized spacial score (nSPS) is 16.9. The maximum Gasteiger partial charge on any atom is 0.344 e. The average Bonchev–Trinajstić information content (AvgIpc) is 3.08. The van der Waals surface area contributed by atoms with Gasteiger partial charge in [-0.25, -0.2) is 9.79 Å². The molecule has 1 amide bonds. The van der Waals surface area contributed by atoms with E-state index in [1.807, 2.05) is 13.0 Å². The second kappa shape index (κ2) is 10.4. The summed E-state index contributed by atoms with van der Waals surface area (Å²) >= 11 is 7.33. The molecular formula is C22H21ClN2O5S. The number of amidine groups is 1. The number of carboxylic acid groups (broad SMARTS) is 1. The number of nitrogens with zero attached hydrogens (tertiary/aromatic N) is 1. The maximum atomic E-state index is 12.4. The third kappa shape index (κ3) is 5.80. The van der Waals surface area contributed by atoms with Crippen LogP contribution in [0.4, 0.5) is 5.69 Å². The van der Waals surface area contributed by atoms with Crippen LogP contribution < -0.4 is 14.8 Å². The molecule has 162 valence electrons. The summed E-state index contributed by atoms with van der Waals surface area (Å²) in [6.07, 6.45) is 1.05. The van der Waals surface area contributed by atoms with E-state index in [1.54, 1.807) is 49.4 Å². The minimum absolute atomic E-state index is 0.272. The molecular weight excluding hydrogens is 440 g/mol. The topological polar surface area (TPSA) is 97.2 Å². The number of carbonyl (C=O) groups is 2. The van der Waals surface area contributed by atoms with Crippen LogP contribution in [0.3, 0.4) is 0 Å². The second-order valence-electron chi connectivity index (χ2n) is 6.43. The van der Waals surface area contributed by atoms with Crippen LogP contribution in [0.1, 0.15) is 25.8 Å². The van der Waals surface area contributed by atoms with Gasteiger partial charge >= 0.3 is 5.97 Å². The molecule has 2 aromatic carbocycles. The number of hydrogen-bond donors (Lipinski definition) is 2. The highest BCUT2D eigenvalue weighted by Crippen LogP contribution is 2.34. The van der Waals surface area contributed by atoms with Crippen molar-refractivity contribution in [1.29, 1.82) is 0 Å². The lowest BCUT2D eigenvalue weighted by molar-refractivity contribution is -0.145. The number of nitrogens with one attached hydrogen (secondary N) is 1. The summed E-state index contributed by atoms with van der Waals surface area (Å²) in [4.78, 5) is 28.5. The number of amides is 1. The average molecular weight is 461 g/mol. The lowest BCUT2D eigenvalue weighted by Gasteiger charge is -2.16. The van der Waals surface area contributed by atoms with E-state index in [0.717, 1.165) is 0 Å². The number of thioether (sulfide) groups is 1. The van der Waals surface area contributed by atoms with E-state index in [0.29, 0.717) is 50.9 Å². The SMILES string of the molecule is CCOc1cc(/C=C2/SC(=Nc3ccccc3Cl)NC2=O)ccc1OC(CC)C(=O)O. The van der Waals surface area contributed by atoms with Gasteiger partial charge in [0.25, 0.3) is 5.91 Å². The zero-order valence-electron chi connectivity index (χ0n) is 16.9. The van der Waals surface area contributed by atoms with Crippen molar-refractivity contribution < 1.29 is 24.2 Å². The number of carbonyl (C=O) groups excluding carboxylic acids is 1. The molecule has 2 N–H and O–H groups in total. The highest BCUT2D eigenvalue weighted by atomic mass is 35.5. The van der Waals surface area contributed by atoms with E-state index < -0.39 is 12.1 Å². The summed E-state index contributed by atoms with van der Waals surface area (Å²) in [5.41, 5.74) is 1.27. The van der Waals surface area contributed by atoms with E-state index in [2.05, 4.69) is 10.3 Å². The number of halogens is 1. The lowest BCUT2D eigenvalue weighted by Crippen LogP contribution is -2.26. The molecule has 0 bridgehead atoms. The molecule has 1 aliphatic rings. The molecule has 3 rings (SSSR count). The highest BCUT2D eigenvalue weighted by Gasteiger charge is 2.24. The van der Waals surface area contributed by atoms with Crippen LogP contribution >= 0.6 is 23.4 Å². The van der Waals surface area contributed by atoms with Crippen LogP contribution in [0.15, 0.2) is 52.4 Å². The molecule has 1 atom stereocenters. The van der Waals surface area contributed by atoms with Crippen molar-refractivity contribution in [3.05, 3.63) is 58.0 Å². The van der Waals surface area contributed by atoms with Gasteiger partial charge in [0, 0.05) is 0 Å². The standard InChI is InChI=1S/C22H21ClN2O5S/c1-3-16(21(27)28)30-17-10-9-13(11-18(17)29-4-2)12-19-20(26)25-22(31-19)24-15-8-6-5-7-14(15)23/h5-12,16H,3-4H2,1-2H3,(H,27,28)(H,24,25,26)/b19-12+. The summed E-state index contributed by atoms with van der Waals surface area (Å²) in [6.45, 7) is 3.93.